The minimum atomic E-state index is -3.40. The van der Waals surface area contributed by atoms with E-state index < -0.39 is 7.60 Å². The molecule has 0 bridgehead atoms. The second-order valence-corrected chi connectivity index (χ2v) is 7.04. The molecule has 0 spiro atoms. The van der Waals surface area contributed by atoms with E-state index >= 15 is 0 Å². The van der Waals surface area contributed by atoms with Crippen LogP contribution in [0, 0.1) is 0 Å². The first-order chi connectivity index (χ1) is 8.68. The van der Waals surface area contributed by atoms with Gasteiger partial charge in [-0.05, 0) is 24.8 Å². The van der Waals surface area contributed by atoms with E-state index in [9.17, 15) is 9.46 Å². The second-order valence-electron chi connectivity index (χ2n) is 4.92. The van der Waals surface area contributed by atoms with E-state index in [4.69, 9.17) is 4.52 Å². The maximum Gasteiger partial charge on any atom is 0.331 e. The third-order valence-corrected chi connectivity index (χ3v) is 5.54. The number of hydrogen-bond acceptors (Lipinski definition) is 2. The molecular formula is C14H21O3P. The van der Waals surface area contributed by atoms with Gasteiger partial charge in [-0.25, -0.2) is 0 Å². The van der Waals surface area contributed by atoms with Crippen molar-refractivity contribution in [2.75, 3.05) is 6.61 Å². The fraction of sp³-hybridized carbons (Fsp3) is 0.571. The molecule has 0 radical (unpaired) electrons. The molecule has 1 fully saturated rings. The molecule has 0 heterocycles. The van der Waals surface area contributed by atoms with E-state index in [2.05, 4.69) is 0 Å². The van der Waals surface area contributed by atoms with Crippen LogP contribution < -0.4 is 0 Å². The lowest BCUT2D eigenvalue weighted by Gasteiger charge is -2.25. The fourth-order valence-electron chi connectivity index (χ4n) is 2.45. The smallest absolute Gasteiger partial charge is 0.324 e. The summed E-state index contributed by atoms with van der Waals surface area (Å²) in [5.74, 6) is 0. The molecule has 0 aromatic heterocycles. The molecule has 0 aliphatic heterocycles. The lowest BCUT2D eigenvalue weighted by molar-refractivity contribution is 0.245. The molecule has 2 rings (SSSR count). The van der Waals surface area contributed by atoms with Gasteiger partial charge in [0.25, 0.3) is 0 Å². The Morgan fingerprint density at radius 2 is 1.83 bits per heavy atom. The maximum absolute atomic E-state index is 12.1. The fourth-order valence-corrected chi connectivity index (χ4v) is 4.03. The average molecular weight is 268 g/mol. The Labute approximate surface area is 109 Å². The molecule has 3 nitrogen and oxygen atoms in total. The Hall–Kier alpha value is -0.630. The molecule has 1 aromatic carbocycles. The third-order valence-electron chi connectivity index (χ3n) is 3.55. The van der Waals surface area contributed by atoms with Gasteiger partial charge in [0, 0.05) is 0 Å². The Kier molecular flexibility index (Phi) is 4.99. The van der Waals surface area contributed by atoms with Crippen molar-refractivity contribution in [1.29, 1.82) is 0 Å². The van der Waals surface area contributed by atoms with Gasteiger partial charge < -0.3 is 9.42 Å². The monoisotopic (exact) mass is 268 g/mol. The zero-order valence-electron chi connectivity index (χ0n) is 10.6. The summed E-state index contributed by atoms with van der Waals surface area (Å²) < 4.78 is 17.4. The number of hydrogen-bond donors (Lipinski definition) is 1. The van der Waals surface area contributed by atoms with Crippen molar-refractivity contribution >= 4 is 7.60 Å². The number of benzene rings is 1. The summed E-state index contributed by atoms with van der Waals surface area (Å²) in [7, 11) is -3.40. The van der Waals surface area contributed by atoms with Crippen molar-refractivity contribution in [3.8, 4) is 0 Å². The van der Waals surface area contributed by atoms with Crippen LogP contribution in [0.4, 0.5) is 0 Å². The van der Waals surface area contributed by atoms with E-state index in [-0.39, 0.29) is 5.66 Å². The minimum absolute atomic E-state index is 0.137. The van der Waals surface area contributed by atoms with E-state index in [1.54, 1.807) is 0 Å². The summed E-state index contributed by atoms with van der Waals surface area (Å²) in [5, 5.41) is 0. The van der Waals surface area contributed by atoms with Crippen molar-refractivity contribution in [3.05, 3.63) is 35.9 Å². The van der Waals surface area contributed by atoms with Gasteiger partial charge in [0.2, 0.25) is 0 Å². The Bertz CT molecular complexity index is 399. The van der Waals surface area contributed by atoms with Gasteiger partial charge in [-0.15, -0.1) is 0 Å². The van der Waals surface area contributed by atoms with Crippen LogP contribution >= 0.6 is 7.60 Å². The van der Waals surface area contributed by atoms with Crippen LogP contribution in [0.5, 0.6) is 0 Å². The largest absolute Gasteiger partial charge is 0.331 e. The lowest BCUT2D eigenvalue weighted by atomic mass is 10.0. The molecule has 1 aliphatic carbocycles. The molecule has 100 valence electrons. The van der Waals surface area contributed by atoms with Crippen LogP contribution in [0.15, 0.2) is 30.3 Å². The minimum Gasteiger partial charge on any atom is -0.324 e. The highest BCUT2D eigenvalue weighted by Crippen LogP contribution is 2.52. The van der Waals surface area contributed by atoms with Crippen molar-refractivity contribution in [1.82, 2.24) is 0 Å². The second kappa shape index (κ2) is 6.51. The molecule has 1 aliphatic rings. The van der Waals surface area contributed by atoms with Crippen LogP contribution in [-0.4, -0.2) is 17.2 Å². The van der Waals surface area contributed by atoms with E-state index in [1.165, 1.54) is 6.42 Å². The molecule has 1 saturated carbocycles. The Morgan fingerprint density at radius 1 is 1.17 bits per heavy atom. The Morgan fingerprint density at radius 3 is 2.50 bits per heavy atom. The summed E-state index contributed by atoms with van der Waals surface area (Å²) in [4.78, 5) is 9.95. The van der Waals surface area contributed by atoms with Gasteiger partial charge in [-0.3, -0.25) is 4.57 Å². The van der Waals surface area contributed by atoms with Crippen molar-refractivity contribution in [3.63, 3.8) is 0 Å². The molecule has 0 amide bonds. The Balaban J connectivity index is 1.79. The van der Waals surface area contributed by atoms with Gasteiger partial charge >= 0.3 is 7.60 Å². The van der Waals surface area contributed by atoms with Crippen LogP contribution in [-0.2, 0) is 15.5 Å². The summed E-state index contributed by atoms with van der Waals surface area (Å²) in [6, 6.07) is 9.91. The quantitative estimate of drug-likeness (QED) is 0.827. The number of rotatable bonds is 5. The highest BCUT2D eigenvalue weighted by Gasteiger charge is 2.33. The molecule has 1 N–H and O–H groups in total. The molecule has 1 aromatic rings. The highest BCUT2D eigenvalue weighted by atomic mass is 31.2. The van der Waals surface area contributed by atoms with Crippen LogP contribution in [0.2, 0.25) is 0 Å². The zero-order chi connectivity index (χ0) is 12.8. The SMILES string of the molecule is O=P(O)(OCCc1ccccc1)C1CCCCC1. The molecular weight excluding hydrogens is 247 g/mol. The van der Waals surface area contributed by atoms with Crippen LogP contribution in [0.25, 0.3) is 0 Å². The van der Waals surface area contributed by atoms with Crippen molar-refractivity contribution < 1.29 is 14.0 Å². The summed E-state index contributed by atoms with van der Waals surface area (Å²) >= 11 is 0. The first-order valence-electron chi connectivity index (χ1n) is 6.69. The lowest BCUT2D eigenvalue weighted by Crippen LogP contribution is -2.15. The van der Waals surface area contributed by atoms with Gasteiger partial charge in [0.1, 0.15) is 0 Å². The van der Waals surface area contributed by atoms with E-state index in [1.807, 2.05) is 30.3 Å². The molecule has 18 heavy (non-hydrogen) atoms. The summed E-state index contributed by atoms with van der Waals surface area (Å²) in [6.45, 7) is 0.328. The zero-order valence-corrected chi connectivity index (χ0v) is 11.5. The molecule has 1 unspecified atom stereocenters. The molecule has 4 heteroatoms. The van der Waals surface area contributed by atoms with Crippen LogP contribution in [0.1, 0.15) is 37.7 Å². The van der Waals surface area contributed by atoms with Crippen molar-refractivity contribution in [2.24, 2.45) is 0 Å². The molecule has 1 atom stereocenters. The first-order valence-corrected chi connectivity index (χ1v) is 8.34. The maximum atomic E-state index is 12.1. The highest BCUT2D eigenvalue weighted by molar-refractivity contribution is 7.53. The normalized spacial score (nSPS) is 20.5. The van der Waals surface area contributed by atoms with Gasteiger partial charge in [-0.2, -0.15) is 0 Å². The van der Waals surface area contributed by atoms with Gasteiger partial charge in [0.15, 0.2) is 0 Å². The van der Waals surface area contributed by atoms with Crippen molar-refractivity contribution in [2.45, 2.75) is 44.2 Å². The van der Waals surface area contributed by atoms with Gasteiger partial charge in [0.05, 0.1) is 12.3 Å². The average Bonchev–Trinajstić information content (AvgIpc) is 2.41. The van der Waals surface area contributed by atoms with E-state index in [0.29, 0.717) is 13.0 Å². The standard InChI is InChI=1S/C14H21O3P/c15-18(16,14-9-5-2-6-10-14)17-12-11-13-7-3-1-4-8-13/h1,3-4,7-8,14H,2,5-6,9-12H2,(H,15,16). The van der Waals surface area contributed by atoms with Gasteiger partial charge in [-0.1, -0.05) is 49.6 Å². The third kappa shape index (κ3) is 3.94. The predicted octanol–water partition coefficient (Wildman–Crippen LogP) is 3.76. The predicted molar refractivity (Wildman–Crippen MR) is 72.8 cm³/mol. The topological polar surface area (TPSA) is 46.5 Å². The van der Waals surface area contributed by atoms with E-state index in [0.717, 1.165) is 31.2 Å². The molecule has 0 saturated heterocycles. The summed E-state index contributed by atoms with van der Waals surface area (Å²) in [6.07, 6.45) is 5.64. The summed E-state index contributed by atoms with van der Waals surface area (Å²) in [5.41, 5.74) is 1.00. The first kappa shape index (κ1) is 13.8. The van der Waals surface area contributed by atoms with Crippen LogP contribution in [0.3, 0.4) is 0 Å².